The lowest BCUT2D eigenvalue weighted by molar-refractivity contribution is 0.0987. The molecule has 2 nitrogen and oxygen atoms in total. The third-order valence-corrected chi connectivity index (χ3v) is 2.76. The van der Waals surface area contributed by atoms with E-state index in [1.54, 1.807) is 18.3 Å². The van der Waals surface area contributed by atoms with E-state index < -0.39 is 0 Å². The van der Waals surface area contributed by atoms with Crippen LogP contribution in [0.25, 0.3) is 0 Å². The van der Waals surface area contributed by atoms with Crippen molar-refractivity contribution in [1.82, 2.24) is 4.98 Å². The number of pyridine rings is 1. The Balaban J connectivity index is 2.19. The molecule has 2 aromatic rings. The van der Waals surface area contributed by atoms with Crippen LogP contribution in [0.5, 0.6) is 0 Å². The number of carbonyl (C=O) groups is 1. The second-order valence-corrected chi connectivity index (χ2v) is 4.40. The average molecular weight is 243 g/mol. The topological polar surface area (TPSA) is 30.0 Å². The minimum atomic E-state index is -0.296. The lowest BCUT2D eigenvalue weighted by Gasteiger charge is -2.05. The molecule has 0 N–H and O–H groups in total. The van der Waals surface area contributed by atoms with Crippen LogP contribution in [0.1, 0.15) is 27.2 Å². The van der Waals surface area contributed by atoms with Crippen molar-refractivity contribution in [3.63, 3.8) is 0 Å². The maximum atomic E-state index is 12.8. The summed E-state index contributed by atoms with van der Waals surface area (Å²) in [5.74, 6) is -0.338. The van der Waals surface area contributed by atoms with Gasteiger partial charge < -0.3 is 0 Å². The monoisotopic (exact) mass is 243 g/mol. The molecule has 0 saturated heterocycles. The van der Waals surface area contributed by atoms with Crippen LogP contribution in [0.2, 0.25) is 0 Å². The second kappa shape index (κ2) is 5.08. The molecule has 0 atom stereocenters. The van der Waals surface area contributed by atoms with E-state index >= 15 is 0 Å². The van der Waals surface area contributed by atoms with Crippen LogP contribution in [0.4, 0.5) is 4.39 Å². The van der Waals surface area contributed by atoms with Crippen LogP contribution in [-0.4, -0.2) is 10.8 Å². The van der Waals surface area contributed by atoms with Crippen molar-refractivity contribution >= 4 is 5.78 Å². The largest absolute Gasteiger partial charge is 0.292 e. The number of aromatic nitrogens is 1. The first-order chi connectivity index (χ1) is 8.56. The van der Waals surface area contributed by atoms with Crippen LogP contribution in [0.15, 0.2) is 36.5 Å². The van der Waals surface area contributed by atoms with Gasteiger partial charge >= 0.3 is 0 Å². The lowest BCUT2D eigenvalue weighted by Crippen LogP contribution is -2.08. The van der Waals surface area contributed by atoms with E-state index in [1.807, 2.05) is 19.9 Å². The van der Waals surface area contributed by atoms with Crippen molar-refractivity contribution < 1.29 is 9.18 Å². The Bertz CT molecular complexity index is 576. The fourth-order valence-corrected chi connectivity index (χ4v) is 1.88. The fourth-order valence-electron chi connectivity index (χ4n) is 1.88. The molecule has 0 bridgehead atoms. The molecule has 0 aliphatic carbocycles. The molecule has 0 unspecified atom stereocenters. The van der Waals surface area contributed by atoms with Crippen molar-refractivity contribution in [2.45, 2.75) is 20.3 Å². The van der Waals surface area contributed by atoms with Gasteiger partial charge in [0.05, 0.1) is 0 Å². The third kappa shape index (κ3) is 2.80. The number of rotatable bonds is 3. The highest BCUT2D eigenvalue weighted by Crippen LogP contribution is 2.11. The fraction of sp³-hybridized carbons (Fsp3) is 0.200. The summed E-state index contributed by atoms with van der Waals surface area (Å²) in [7, 11) is 0. The van der Waals surface area contributed by atoms with E-state index in [2.05, 4.69) is 4.98 Å². The van der Waals surface area contributed by atoms with Crippen molar-refractivity contribution in [3.8, 4) is 0 Å². The zero-order valence-corrected chi connectivity index (χ0v) is 10.4. The molecule has 92 valence electrons. The van der Waals surface area contributed by atoms with Gasteiger partial charge in [-0.15, -0.1) is 0 Å². The molecule has 3 heteroatoms. The summed E-state index contributed by atoms with van der Waals surface area (Å²) in [5.41, 5.74) is 3.20. The van der Waals surface area contributed by atoms with Gasteiger partial charge in [-0.3, -0.25) is 9.78 Å². The van der Waals surface area contributed by atoms with Gasteiger partial charge in [-0.05, 0) is 42.7 Å². The number of halogens is 1. The highest BCUT2D eigenvalue weighted by Gasteiger charge is 2.11. The summed E-state index contributed by atoms with van der Waals surface area (Å²) in [6.07, 6.45) is 1.93. The zero-order chi connectivity index (χ0) is 13.1. The van der Waals surface area contributed by atoms with Crippen LogP contribution in [-0.2, 0) is 6.42 Å². The predicted molar refractivity (Wildman–Crippen MR) is 68.1 cm³/mol. The van der Waals surface area contributed by atoms with E-state index in [0.717, 1.165) is 16.7 Å². The third-order valence-electron chi connectivity index (χ3n) is 2.76. The number of ketones is 1. The maximum absolute atomic E-state index is 12.8. The average Bonchev–Trinajstić information content (AvgIpc) is 2.32. The second-order valence-electron chi connectivity index (χ2n) is 4.40. The Labute approximate surface area is 105 Å². The van der Waals surface area contributed by atoms with Crippen molar-refractivity contribution in [3.05, 3.63) is 64.7 Å². The Hall–Kier alpha value is -2.03. The summed E-state index contributed by atoms with van der Waals surface area (Å²) in [5, 5.41) is 0. The lowest BCUT2D eigenvalue weighted by atomic mass is 10.0. The smallest absolute Gasteiger partial charge is 0.185 e. The van der Waals surface area contributed by atoms with E-state index in [9.17, 15) is 9.18 Å². The standard InChI is InChI=1S/C15H14FNO/c1-10-7-11(2)15(17-9-10)14(18)8-12-3-5-13(16)6-4-12/h3-7,9H,8H2,1-2H3. The number of benzene rings is 1. The molecule has 0 saturated carbocycles. The Morgan fingerprint density at radius 3 is 2.50 bits per heavy atom. The zero-order valence-electron chi connectivity index (χ0n) is 10.4. The molecule has 18 heavy (non-hydrogen) atoms. The molecule has 1 aromatic heterocycles. The van der Waals surface area contributed by atoms with Crippen molar-refractivity contribution in [1.29, 1.82) is 0 Å². The minimum absolute atomic E-state index is 0.0425. The van der Waals surface area contributed by atoms with Crippen molar-refractivity contribution in [2.75, 3.05) is 0 Å². The Kier molecular flexibility index (Phi) is 3.51. The highest BCUT2D eigenvalue weighted by molar-refractivity contribution is 5.96. The predicted octanol–water partition coefficient (Wildman–Crippen LogP) is 3.26. The number of hydrogen-bond donors (Lipinski definition) is 0. The van der Waals surface area contributed by atoms with E-state index in [4.69, 9.17) is 0 Å². The van der Waals surface area contributed by atoms with Gasteiger partial charge in [0.15, 0.2) is 5.78 Å². The molecule has 1 heterocycles. The quantitative estimate of drug-likeness (QED) is 0.774. The first-order valence-electron chi connectivity index (χ1n) is 5.77. The molecular weight excluding hydrogens is 229 g/mol. The van der Waals surface area contributed by atoms with Crippen molar-refractivity contribution in [2.24, 2.45) is 0 Å². The molecule has 0 spiro atoms. The summed E-state index contributed by atoms with van der Waals surface area (Å²) in [4.78, 5) is 16.2. The molecule has 0 fully saturated rings. The van der Waals surface area contributed by atoms with E-state index in [0.29, 0.717) is 5.69 Å². The Morgan fingerprint density at radius 1 is 1.22 bits per heavy atom. The van der Waals surface area contributed by atoms with Crippen LogP contribution >= 0.6 is 0 Å². The minimum Gasteiger partial charge on any atom is -0.292 e. The SMILES string of the molecule is Cc1cnc(C(=O)Cc2ccc(F)cc2)c(C)c1. The van der Waals surface area contributed by atoms with Crippen LogP contribution < -0.4 is 0 Å². The van der Waals surface area contributed by atoms with E-state index in [1.165, 1.54) is 12.1 Å². The normalized spacial score (nSPS) is 10.4. The number of nitrogens with zero attached hydrogens (tertiary/aromatic N) is 1. The summed E-state index contributed by atoms with van der Waals surface area (Å²) < 4.78 is 12.8. The van der Waals surface area contributed by atoms with Gasteiger partial charge in [-0.25, -0.2) is 4.39 Å². The number of hydrogen-bond acceptors (Lipinski definition) is 2. The molecule has 0 aliphatic heterocycles. The molecule has 0 amide bonds. The number of Topliss-reactive ketones (excluding diaryl/α,β-unsaturated/α-hetero) is 1. The van der Waals surface area contributed by atoms with Gasteiger partial charge in [0.25, 0.3) is 0 Å². The van der Waals surface area contributed by atoms with E-state index in [-0.39, 0.29) is 18.0 Å². The van der Waals surface area contributed by atoms with Gasteiger partial charge in [-0.2, -0.15) is 0 Å². The van der Waals surface area contributed by atoms with Crippen LogP contribution in [0.3, 0.4) is 0 Å². The molecule has 2 rings (SSSR count). The number of carbonyl (C=O) groups excluding carboxylic acids is 1. The molecular formula is C15H14FNO. The molecule has 0 aliphatic rings. The molecule has 0 radical (unpaired) electrons. The van der Waals surface area contributed by atoms with Gasteiger partial charge in [0.1, 0.15) is 11.5 Å². The van der Waals surface area contributed by atoms with Gasteiger partial charge in [0, 0.05) is 12.6 Å². The first-order valence-corrected chi connectivity index (χ1v) is 5.77. The first kappa shape index (κ1) is 12.4. The number of aryl methyl sites for hydroxylation is 2. The highest BCUT2D eigenvalue weighted by atomic mass is 19.1. The summed E-state index contributed by atoms with van der Waals surface area (Å²) in [6.45, 7) is 3.81. The van der Waals surface area contributed by atoms with Gasteiger partial charge in [-0.1, -0.05) is 18.2 Å². The maximum Gasteiger partial charge on any atom is 0.185 e. The Morgan fingerprint density at radius 2 is 1.89 bits per heavy atom. The summed E-state index contributed by atoms with van der Waals surface area (Å²) in [6, 6.07) is 7.90. The van der Waals surface area contributed by atoms with Crippen LogP contribution in [0, 0.1) is 19.7 Å². The summed E-state index contributed by atoms with van der Waals surface area (Å²) >= 11 is 0. The molecule has 1 aromatic carbocycles. The van der Waals surface area contributed by atoms with Gasteiger partial charge in [0.2, 0.25) is 0 Å².